The van der Waals surface area contributed by atoms with E-state index < -0.39 is 6.09 Å². The fourth-order valence-electron chi connectivity index (χ4n) is 1.70. The molecule has 1 aromatic heterocycles. The zero-order valence-electron chi connectivity index (χ0n) is 12.0. The lowest BCUT2D eigenvalue weighted by molar-refractivity contribution is 0.141. The number of hydrogen-bond donors (Lipinski definition) is 3. The summed E-state index contributed by atoms with van der Waals surface area (Å²) in [6, 6.07) is 13.2. The van der Waals surface area contributed by atoms with E-state index >= 15 is 0 Å². The van der Waals surface area contributed by atoms with Crippen molar-refractivity contribution in [2.75, 3.05) is 12.0 Å². The summed E-state index contributed by atoms with van der Waals surface area (Å²) in [5.74, 6) is 5.83. The van der Waals surface area contributed by atoms with Crippen LogP contribution in [-0.2, 0) is 11.3 Å². The molecule has 2 rings (SSSR count). The molecule has 0 saturated heterocycles. The molecule has 0 atom stereocenters. The molecule has 6 nitrogen and oxygen atoms in total. The van der Waals surface area contributed by atoms with E-state index in [9.17, 15) is 4.79 Å². The first-order chi connectivity index (χ1) is 10.8. The highest BCUT2D eigenvalue weighted by atomic mass is 16.5. The van der Waals surface area contributed by atoms with Crippen molar-refractivity contribution in [2.45, 2.75) is 6.61 Å². The quantitative estimate of drug-likeness (QED) is 0.562. The van der Waals surface area contributed by atoms with E-state index in [0.717, 1.165) is 11.1 Å². The molecule has 0 fully saturated rings. The van der Waals surface area contributed by atoms with Gasteiger partial charge in [-0.05, 0) is 23.3 Å². The monoisotopic (exact) mass is 298 g/mol. The van der Waals surface area contributed by atoms with Crippen molar-refractivity contribution >= 4 is 18.0 Å². The van der Waals surface area contributed by atoms with Gasteiger partial charge in [0.1, 0.15) is 12.4 Å². The summed E-state index contributed by atoms with van der Waals surface area (Å²) in [5, 5.41) is 2.64. The third kappa shape index (κ3) is 5.26. The lowest BCUT2D eigenvalue weighted by Gasteiger charge is -2.05. The van der Waals surface area contributed by atoms with Gasteiger partial charge in [-0.2, -0.15) is 0 Å². The van der Waals surface area contributed by atoms with E-state index in [1.807, 2.05) is 48.6 Å². The molecule has 114 valence electrons. The van der Waals surface area contributed by atoms with Gasteiger partial charge in [-0.3, -0.25) is 0 Å². The summed E-state index contributed by atoms with van der Waals surface area (Å²) in [7, 11) is 0. The number of carbonyl (C=O) groups is 1. The molecule has 0 radical (unpaired) electrons. The van der Waals surface area contributed by atoms with Gasteiger partial charge in [0, 0.05) is 12.7 Å². The number of nitrogens with two attached hydrogens (primary N) is 1. The lowest BCUT2D eigenvalue weighted by atomic mass is 10.2. The number of nitrogens with zero attached hydrogens (tertiary/aromatic N) is 1. The smallest absolute Gasteiger partial charge is 0.407 e. The molecule has 0 unspecified atom stereocenters. The van der Waals surface area contributed by atoms with Crippen molar-refractivity contribution in [3.05, 3.63) is 65.9 Å². The third-order valence-corrected chi connectivity index (χ3v) is 2.82. The second-order valence-electron chi connectivity index (χ2n) is 4.47. The van der Waals surface area contributed by atoms with Gasteiger partial charge in [0.25, 0.3) is 0 Å². The summed E-state index contributed by atoms with van der Waals surface area (Å²) < 4.78 is 5.09. The number of anilines is 1. The van der Waals surface area contributed by atoms with Crippen molar-refractivity contribution < 1.29 is 9.53 Å². The molecular weight excluding hydrogens is 280 g/mol. The predicted molar refractivity (Wildman–Crippen MR) is 85.7 cm³/mol. The van der Waals surface area contributed by atoms with Crippen LogP contribution in [0.15, 0.2) is 54.7 Å². The molecule has 0 aliphatic carbocycles. The highest BCUT2D eigenvalue weighted by Crippen LogP contribution is 2.05. The topological polar surface area (TPSA) is 89.3 Å². The Labute approximate surface area is 129 Å². The lowest BCUT2D eigenvalue weighted by Crippen LogP contribution is -2.24. The summed E-state index contributed by atoms with van der Waals surface area (Å²) in [6.45, 7) is 0.637. The summed E-state index contributed by atoms with van der Waals surface area (Å²) in [5.41, 5.74) is 4.32. The molecule has 1 heterocycles. The van der Waals surface area contributed by atoms with Crippen LogP contribution >= 0.6 is 0 Å². The first-order valence-electron chi connectivity index (χ1n) is 6.81. The third-order valence-electron chi connectivity index (χ3n) is 2.82. The van der Waals surface area contributed by atoms with Gasteiger partial charge in [-0.15, -0.1) is 0 Å². The van der Waals surface area contributed by atoms with Crippen LogP contribution in [-0.4, -0.2) is 17.6 Å². The number of alkyl carbamates (subject to hydrolysis) is 1. The van der Waals surface area contributed by atoms with Gasteiger partial charge in [-0.1, -0.05) is 42.5 Å². The number of hydrazine groups is 1. The fourth-order valence-corrected chi connectivity index (χ4v) is 1.70. The number of pyridine rings is 1. The van der Waals surface area contributed by atoms with Crippen LogP contribution in [0.3, 0.4) is 0 Å². The number of carbonyl (C=O) groups excluding carboxylic acids is 1. The largest absolute Gasteiger partial charge is 0.445 e. The van der Waals surface area contributed by atoms with Gasteiger partial charge in [0.15, 0.2) is 0 Å². The van der Waals surface area contributed by atoms with Crippen LogP contribution in [0.4, 0.5) is 10.6 Å². The maximum absolute atomic E-state index is 11.5. The number of aromatic nitrogens is 1. The van der Waals surface area contributed by atoms with Gasteiger partial charge >= 0.3 is 6.09 Å². The maximum Gasteiger partial charge on any atom is 0.407 e. The Morgan fingerprint density at radius 2 is 2.05 bits per heavy atom. The predicted octanol–water partition coefficient (Wildman–Crippen LogP) is 2.31. The molecule has 2 aromatic rings. The van der Waals surface area contributed by atoms with Crippen LogP contribution in [0.25, 0.3) is 6.08 Å². The minimum absolute atomic E-state index is 0.258. The number of amides is 1. The molecule has 4 N–H and O–H groups in total. The van der Waals surface area contributed by atoms with Crippen molar-refractivity contribution in [3.63, 3.8) is 0 Å². The normalized spacial score (nSPS) is 10.4. The molecular formula is C16H18N4O2. The zero-order chi connectivity index (χ0) is 15.6. The van der Waals surface area contributed by atoms with Crippen LogP contribution in [0, 0.1) is 0 Å². The Morgan fingerprint density at radius 1 is 1.23 bits per heavy atom. The van der Waals surface area contributed by atoms with Gasteiger partial charge in [0.05, 0.1) is 0 Å². The Bertz CT molecular complexity index is 612. The van der Waals surface area contributed by atoms with Crippen molar-refractivity contribution in [1.29, 1.82) is 0 Å². The molecule has 0 aliphatic heterocycles. The molecule has 0 bridgehead atoms. The fraction of sp³-hybridized carbons (Fsp3) is 0.125. The Balaban J connectivity index is 1.68. The minimum Gasteiger partial charge on any atom is -0.445 e. The highest BCUT2D eigenvalue weighted by Gasteiger charge is 2.00. The molecule has 1 amide bonds. The molecule has 0 aliphatic rings. The second kappa shape index (κ2) is 8.43. The Hall–Kier alpha value is -2.86. The first-order valence-corrected chi connectivity index (χ1v) is 6.81. The summed E-state index contributed by atoms with van der Waals surface area (Å²) in [4.78, 5) is 15.6. The second-order valence-corrected chi connectivity index (χ2v) is 4.47. The zero-order valence-corrected chi connectivity index (χ0v) is 12.0. The molecule has 6 heteroatoms. The van der Waals surface area contributed by atoms with E-state index in [-0.39, 0.29) is 6.61 Å². The number of benzene rings is 1. The number of hydrogen-bond acceptors (Lipinski definition) is 5. The average molecular weight is 298 g/mol. The molecule has 22 heavy (non-hydrogen) atoms. The van der Waals surface area contributed by atoms with Crippen molar-refractivity contribution in [2.24, 2.45) is 5.84 Å². The first kappa shape index (κ1) is 15.5. The van der Waals surface area contributed by atoms with E-state index in [1.54, 1.807) is 12.3 Å². The summed E-state index contributed by atoms with van der Waals surface area (Å²) in [6.07, 6.45) is 4.90. The Kier molecular flexibility index (Phi) is 5.95. The molecule has 0 saturated carbocycles. The standard InChI is InChI=1S/C16H18N4O2/c17-20-15-9-8-13(11-19-15)7-4-10-18-16(21)22-12-14-5-2-1-3-6-14/h1-9,11H,10,12,17H2,(H,18,21)(H,19,20). The Morgan fingerprint density at radius 3 is 2.73 bits per heavy atom. The van der Waals surface area contributed by atoms with Crippen molar-refractivity contribution in [3.8, 4) is 0 Å². The van der Waals surface area contributed by atoms with E-state index in [0.29, 0.717) is 12.4 Å². The van der Waals surface area contributed by atoms with Crippen LogP contribution < -0.4 is 16.6 Å². The number of ether oxygens (including phenoxy) is 1. The van der Waals surface area contributed by atoms with Gasteiger partial charge in [-0.25, -0.2) is 15.6 Å². The SMILES string of the molecule is NNc1ccc(C=CCNC(=O)OCc2ccccc2)cn1. The van der Waals surface area contributed by atoms with Gasteiger partial charge in [0.2, 0.25) is 0 Å². The van der Waals surface area contributed by atoms with Crippen LogP contribution in [0.2, 0.25) is 0 Å². The molecule has 0 spiro atoms. The number of nitrogen functional groups attached to an aromatic ring is 1. The van der Waals surface area contributed by atoms with E-state index in [4.69, 9.17) is 10.6 Å². The summed E-state index contributed by atoms with van der Waals surface area (Å²) >= 11 is 0. The molecule has 1 aromatic carbocycles. The highest BCUT2D eigenvalue weighted by molar-refractivity contribution is 5.67. The maximum atomic E-state index is 11.5. The number of rotatable bonds is 6. The van der Waals surface area contributed by atoms with Gasteiger partial charge < -0.3 is 15.5 Å². The average Bonchev–Trinajstić information content (AvgIpc) is 2.58. The minimum atomic E-state index is -0.450. The van der Waals surface area contributed by atoms with E-state index in [1.165, 1.54) is 0 Å². The van der Waals surface area contributed by atoms with Crippen LogP contribution in [0.1, 0.15) is 11.1 Å². The van der Waals surface area contributed by atoms with Crippen LogP contribution in [0.5, 0.6) is 0 Å². The van der Waals surface area contributed by atoms with Crippen molar-refractivity contribution in [1.82, 2.24) is 10.3 Å². The number of nitrogens with one attached hydrogen (secondary N) is 2. The van der Waals surface area contributed by atoms with E-state index in [2.05, 4.69) is 15.7 Å².